The molecule has 4 nitrogen and oxygen atoms in total. The van der Waals surface area contributed by atoms with Crippen LogP contribution in [0.5, 0.6) is 0 Å². The van der Waals surface area contributed by atoms with Gasteiger partial charge in [-0.25, -0.2) is 0 Å². The van der Waals surface area contributed by atoms with Crippen LogP contribution in [-0.4, -0.2) is 18.4 Å². The first-order valence-electron chi connectivity index (χ1n) is 5.31. The maximum absolute atomic E-state index is 11.2. The summed E-state index contributed by atoms with van der Waals surface area (Å²) in [6.45, 7) is 1.78. The van der Waals surface area contributed by atoms with Crippen molar-refractivity contribution < 1.29 is 9.59 Å². The molecule has 0 unspecified atom stereocenters. The van der Waals surface area contributed by atoms with Crippen molar-refractivity contribution in [2.75, 3.05) is 11.9 Å². The third-order valence-corrected chi connectivity index (χ3v) is 2.39. The predicted molar refractivity (Wildman–Crippen MR) is 64.3 cm³/mol. The summed E-state index contributed by atoms with van der Waals surface area (Å²) in [7, 11) is 0. The quantitative estimate of drug-likeness (QED) is 0.694. The Morgan fingerprint density at radius 3 is 3.12 bits per heavy atom. The Morgan fingerprint density at radius 1 is 1.53 bits per heavy atom. The molecule has 0 saturated heterocycles. The van der Waals surface area contributed by atoms with E-state index in [0.717, 1.165) is 16.8 Å². The zero-order chi connectivity index (χ0) is 12.3. The summed E-state index contributed by atoms with van der Waals surface area (Å²) < 4.78 is 0. The zero-order valence-corrected chi connectivity index (χ0v) is 9.46. The van der Waals surface area contributed by atoms with Crippen LogP contribution in [0.15, 0.2) is 18.2 Å². The molecule has 0 aromatic heterocycles. The van der Waals surface area contributed by atoms with Gasteiger partial charge in [0.1, 0.15) is 0 Å². The van der Waals surface area contributed by atoms with Crippen LogP contribution in [-0.2, 0) is 16.0 Å². The molecule has 0 aliphatic carbocycles. The summed E-state index contributed by atoms with van der Waals surface area (Å²) in [5.74, 6) is 5.69. The molecule has 0 radical (unpaired) electrons. The molecule has 2 rings (SSSR count). The summed E-state index contributed by atoms with van der Waals surface area (Å²) in [5, 5.41) is 5.36. The number of nitrogens with one attached hydrogen (secondary N) is 2. The van der Waals surface area contributed by atoms with Gasteiger partial charge in [0.05, 0.1) is 13.0 Å². The first-order valence-corrected chi connectivity index (χ1v) is 5.31. The van der Waals surface area contributed by atoms with Crippen molar-refractivity contribution >= 4 is 17.5 Å². The van der Waals surface area contributed by atoms with E-state index in [1.165, 1.54) is 6.92 Å². The van der Waals surface area contributed by atoms with Crippen LogP contribution in [0, 0.1) is 11.8 Å². The van der Waals surface area contributed by atoms with Gasteiger partial charge in [-0.3, -0.25) is 9.59 Å². The predicted octanol–water partition coefficient (Wildman–Crippen LogP) is 0.669. The monoisotopic (exact) mass is 228 g/mol. The number of carbonyl (C=O) groups excluding carboxylic acids is 2. The van der Waals surface area contributed by atoms with Gasteiger partial charge in [-0.05, 0) is 17.7 Å². The van der Waals surface area contributed by atoms with Gasteiger partial charge in [-0.1, -0.05) is 17.9 Å². The molecular weight excluding hydrogens is 216 g/mol. The highest BCUT2D eigenvalue weighted by Gasteiger charge is 2.16. The molecule has 1 aliphatic heterocycles. The van der Waals surface area contributed by atoms with E-state index in [1.54, 1.807) is 0 Å². The van der Waals surface area contributed by atoms with Crippen molar-refractivity contribution in [3.63, 3.8) is 0 Å². The topological polar surface area (TPSA) is 58.2 Å². The average molecular weight is 228 g/mol. The largest absolute Gasteiger partial charge is 0.345 e. The summed E-state index contributed by atoms with van der Waals surface area (Å²) in [6.07, 6.45) is 0.439. The van der Waals surface area contributed by atoms with E-state index in [9.17, 15) is 9.59 Å². The molecule has 0 saturated carbocycles. The van der Waals surface area contributed by atoms with E-state index in [2.05, 4.69) is 22.5 Å². The fourth-order valence-electron chi connectivity index (χ4n) is 1.61. The number of benzene rings is 1. The van der Waals surface area contributed by atoms with Crippen LogP contribution >= 0.6 is 0 Å². The fourth-order valence-corrected chi connectivity index (χ4v) is 1.61. The van der Waals surface area contributed by atoms with Crippen LogP contribution < -0.4 is 10.6 Å². The summed E-state index contributed by atoms with van der Waals surface area (Å²) in [5.41, 5.74) is 2.67. The zero-order valence-electron chi connectivity index (χ0n) is 9.46. The number of anilines is 1. The third kappa shape index (κ3) is 2.85. The second-order valence-electron chi connectivity index (χ2n) is 3.81. The Balaban J connectivity index is 2.06. The summed E-state index contributed by atoms with van der Waals surface area (Å²) in [6, 6.07) is 5.62. The molecule has 0 bridgehead atoms. The fraction of sp³-hybridized carbons (Fsp3) is 0.231. The lowest BCUT2D eigenvalue weighted by Crippen LogP contribution is -2.19. The van der Waals surface area contributed by atoms with E-state index < -0.39 is 0 Å². The highest BCUT2D eigenvalue weighted by atomic mass is 16.2. The van der Waals surface area contributed by atoms with Crippen molar-refractivity contribution in [2.45, 2.75) is 13.3 Å². The van der Waals surface area contributed by atoms with Crippen LogP contribution in [0.3, 0.4) is 0 Å². The van der Waals surface area contributed by atoms with Crippen molar-refractivity contribution in [2.24, 2.45) is 0 Å². The Bertz CT molecular complexity index is 538. The lowest BCUT2D eigenvalue weighted by molar-refractivity contribution is -0.118. The van der Waals surface area contributed by atoms with Gasteiger partial charge >= 0.3 is 0 Å². The lowest BCUT2D eigenvalue weighted by atomic mass is 10.1. The maximum atomic E-state index is 11.2. The Kier molecular flexibility index (Phi) is 3.10. The van der Waals surface area contributed by atoms with Crippen molar-refractivity contribution in [3.05, 3.63) is 29.3 Å². The van der Waals surface area contributed by atoms with E-state index in [1.807, 2.05) is 18.2 Å². The van der Waals surface area contributed by atoms with Gasteiger partial charge in [0.15, 0.2) is 0 Å². The van der Waals surface area contributed by atoms with Gasteiger partial charge in [0, 0.05) is 18.2 Å². The van der Waals surface area contributed by atoms with E-state index in [4.69, 9.17) is 0 Å². The highest BCUT2D eigenvalue weighted by molar-refractivity contribution is 5.99. The SMILES string of the molecule is CC(=O)NCC#Cc1ccc2c(c1)NC(=O)C2. The lowest BCUT2D eigenvalue weighted by Gasteiger charge is -1.98. The van der Waals surface area contributed by atoms with Gasteiger partial charge in [0.2, 0.25) is 11.8 Å². The highest BCUT2D eigenvalue weighted by Crippen LogP contribution is 2.23. The Morgan fingerprint density at radius 2 is 2.35 bits per heavy atom. The van der Waals surface area contributed by atoms with Crippen LogP contribution in [0.4, 0.5) is 5.69 Å². The minimum Gasteiger partial charge on any atom is -0.345 e. The van der Waals surface area contributed by atoms with Crippen molar-refractivity contribution in [1.82, 2.24) is 5.32 Å². The standard InChI is InChI=1S/C13H12N2O2/c1-9(16)14-6-2-3-10-4-5-11-8-13(17)15-12(11)7-10/h4-5,7H,6,8H2,1H3,(H,14,16)(H,15,17). The minimum atomic E-state index is -0.0967. The molecule has 1 aromatic rings. The first-order chi connectivity index (χ1) is 8.15. The molecule has 86 valence electrons. The molecule has 17 heavy (non-hydrogen) atoms. The Hall–Kier alpha value is -2.28. The van der Waals surface area contributed by atoms with Crippen molar-refractivity contribution in [3.8, 4) is 11.8 Å². The number of amides is 2. The number of rotatable bonds is 1. The number of hydrogen-bond acceptors (Lipinski definition) is 2. The second kappa shape index (κ2) is 4.71. The Labute approximate surface area is 99.4 Å². The average Bonchev–Trinajstić information content (AvgIpc) is 2.63. The smallest absolute Gasteiger partial charge is 0.228 e. The van der Waals surface area contributed by atoms with Crippen molar-refractivity contribution in [1.29, 1.82) is 0 Å². The van der Waals surface area contributed by atoms with Crippen LogP contribution in [0.25, 0.3) is 0 Å². The normalized spacial score (nSPS) is 12.2. The number of carbonyl (C=O) groups is 2. The molecule has 2 amide bonds. The van der Waals surface area contributed by atoms with Gasteiger partial charge < -0.3 is 10.6 Å². The molecular formula is C13H12N2O2. The number of hydrogen-bond donors (Lipinski definition) is 2. The van der Waals surface area contributed by atoms with Gasteiger partial charge in [0.25, 0.3) is 0 Å². The number of fused-ring (bicyclic) bond motifs is 1. The molecule has 1 heterocycles. The van der Waals surface area contributed by atoms with Gasteiger partial charge in [-0.15, -0.1) is 0 Å². The molecule has 1 aromatic carbocycles. The molecule has 1 aliphatic rings. The third-order valence-electron chi connectivity index (χ3n) is 2.39. The minimum absolute atomic E-state index is 0.0170. The maximum Gasteiger partial charge on any atom is 0.228 e. The van der Waals surface area contributed by atoms with E-state index in [-0.39, 0.29) is 11.8 Å². The van der Waals surface area contributed by atoms with E-state index in [0.29, 0.717) is 13.0 Å². The molecule has 4 heteroatoms. The molecule has 0 fully saturated rings. The van der Waals surface area contributed by atoms with Gasteiger partial charge in [-0.2, -0.15) is 0 Å². The summed E-state index contributed by atoms with van der Waals surface area (Å²) in [4.78, 5) is 21.8. The van der Waals surface area contributed by atoms with E-state index >= 15 is 0 Å². The van der Waals surface area contributed by atoms with Crippen LogP contribution in [0.1, 0.15) is 18.1 Å². The molecule has 0 spiro atoms. The summed E-state index contributed by atoms with van der Waals surface area (Å²) >= 11 is 0. The molecule has 0 atom stereocenters. The van der Waals surface area contributed by atoms with Crippen LogP contribution in [0.2, 0.25) is 0 Å². The second-order valence-corrected chi connectivity index (χ2v) is 3.81. The first kappa shape index (κ1) is 11.2. The molecule has 2 N–H and O–H groups in total.